The number of nitrogens with zero attached hydrogens (tertiary/aromatic N) is 1. The van der Waals surface area contributed by atoms with Crippen LogP contribution in [0, 0.1) is 17.0 Å². The van der Waals surface area contributed by atoms with Crippen molar-refractivity contribution in [2.45, 2.75) is 39.7 Å². The summed E-state index contributed by atoms with van der Waals surface area (Å²) in [5.74, 6) is -1.14. The molecule has 0 radical (unpaired) electrons. The number of amides is 1. The van der Waals surface area contributed by atoms with Crippen molar-refractivity contribution in [3.63, 3.8) is 0 Å². The van der Waals surface area contributed by atoms with Crippen molar-refractivity contribution in [3.05, 3.63) is 77.4 Å². The van der Waals surface area contributed by atoms with E-state index in [9.17, 15) is 18.4 Å². The predicted octanol–water partition coefficient (Wildman–Crippen LogP) is 4.73. The quantitative estimate of drug-likeness (QED) is 0.392. The number of piperidine rings is 1. The monoisotopic (exact) mass is 565 g/mol. The summed E-state index contributed by atoms with van der Waals surface area (Å²) < 4.78 is 40.0. The molecule has 5 rings (SSSR count). The lowest BCUT2D eigenvalue weighted by Crippen LogP contribution is -3.12. The SMILES string of the molecule is CCOc1cc(C[NH+]2CCC3(CC2)CC(=O)N(c2ccc(C(=O)O)c(F)c2)C3)cc(OCC)c1-c1ccc(F)cc1. The fraction of sp³-hybridized carbons (Fsp3) is 0.375. The van der Waals surface area contributed by atoms with E-state index < -0.39 is 17.3 Å². The van der Waals surface area contributed by atoms with Gasteiger partial charge in [0.15, 0.2) is 0 Å². The fourth-order valence-electron chi connectivity index (χ4n) is 6.10. The van der Waals surface area contributed by atoms with Gasteiger partial charge in [-0.05, 0) is 61.9 Å². The van der Waals surface area contributed by atoms with Crippen LogP contribution < -0.4 is 19.3 Å². The molecule has 0 aromatic heterocycles. The number of likely N-dealkylation sites (tertiary alicyclic amines) is 1. The van der Waals surface area contributed by atoms with Gasteiger partial charge in [-0.3, -0.25) is 4.79 Å². The zero-order valence-corrected chi connectivity index (χ0v) is 23.3. The van der Waals surface area contributed by atoms with Gasteiger partial charge in [-0.25, -0.2) is 13.6 Å². The maximum atomic E-state index is 14.3. The summed E-state index contributed by atoms with van der Waals surface area (Å²) >= 11 is 0. The minimum absolute atomic E-state index is 0.0602. The van der Waals surface area contributed by atoms with Crippen LogP contribution in [0.25, 0.3) is 11.1 Å². The Labute approximate surface area is 238 Å². The van der Waals surface area contributed by atoms with E-state index in [2.05, 4.69) is 0 Å². The number of carboxylic acid groups (broad SMARTS) is 1. The first kappa shape index (κ1) is 28.5. The summed E-state index contributed by atoms with van der Waals surface area (Å²) in [5.41, 5.74) is 2.52. The van der Waals surface area contributed by atoms with Gasteiger partial charge in [0.25, 0.3) is 0 Å². The first-order valence-corrected chi connectivity index (χ1v) is 14.1. The largest absolute Gasteiger partial charge is 0.493 e. The molecule has 0 atom stereocenters. The summed E-state index contributed by atoms with van der Waals surface area (Å²) in [6, 6.07) is 14.3. The molecule has 0 unspecified atom stereocenters. The van der Waals surface area contributed by atoms with Gasteiger partial charge in [0.05, 0.1) is 37.4 Å². The lowest BCUT2D eigenvalue weighted by molar-refractivity contribution is -0.921. The Bertz CT molecular complexity index is 1410. The van der Waals surface area contributed by atoms with Gasteiger partial charge in [0, 0.05) is 42.5 Å². The number of ether oxygens (including phenoxy) is 2. The van der Waals surface area contributed by atoms with E-state index in [1.807, 2.05) is 26.0 Å². The van der Waals surface area contributed by atoms with Crippen LogP contribution in [-0.2, 0) is 11.3 Å². The number of nitrogens with one attached hydrogen (secondary N) is 1. The van der Waals surface area contributed by atoms with Crippen LogP contribution >= 0.6 is 0 Å². The first-order chi connectivity index (χ1) is 19.7. The Hall–Kier alpha value is -3.98. The molecule has 0 bridgehead atoms. The molecule has 7 nitrogen and oxygen atoms in total. The lowest BCUT2D eigenvalue weighted by Gasteiger charge is -2.36. The second-order valence-corrected chi connectivity index (χ2v) is 10.9. The van der Waals surface area contributed by atoms with Gasteiger partial charge in [-0.1, -0.05) is 12.1 Å². The molecule has 3 aromatic carbocycles. The van der Waals surface area contributed by atoms with Crippen molar-refractivity contribution in [1.29, 1.82) is 0 Å². The highest BCUT2D eigenvalue weighted by Crippen LogP contribution is 2.42. The van der Waals surface area contributed by atoms with Crippen LogP contribution in [0.1, 0.15) is 49.0 Å². The molecule has 1 spiro atoms. The minimum atomic E-state index is -1.33. The zero-order chi connectivity index (χ0) is 29.1. The smallest absolute Gasteiger partial charge is 0.338 e. The molecule has 2 aliphatic heterocycles. The number of carboxylic acids is 1. The van der Waals surface area contributed by atoms with Gasteiger partial charge in [-0.15, -0.1) is 0 Å². The normalized spacial score (nSPS) is 20.4. The molecule has 0 aliphatic carbocycles. The highest BCUT2D eigenvalue weighted by atomic mass is 19.1. The van der Waals surface area contributed by atoms with E-state index >= 15 is 0 Å². The van der Waals surface area contributed by atoms with Crippen molar-refractivity contribution in [2.75, 3.05) is 37.7 Å². The van der Waals surface area contributed by atoms with Crippen LogP contribution in [0.3, 0.4) is 0 Å². The molecule has 216 valence electrons. The number of benzene rings is 3. The first-order valence-electron chi connectivity index (χ1n) is 14.1. The maximum Gasteiger partial charge on any atom is 0.338 e. The molecule has 2 saturated heterocycles. The van der Waals surface area contributed by atoms with E-state index in [-0.39, 0.29) is 17.1 Å². The second kappa shape index (κ2) is 11.9. The van der Waals surface area contributed by atoms with Crippen LogP contribution in [0.5, 0.6) is 11.5 Å². The van der Waals surface area contributed by atoms with Crippen molar-refractivity contribution in [3.8, 4) is 22.6 Å². The molecule has 1 amide bonds. The summed E-state index contributed by atoms with van der Waals surface area (Å²) in [4.78, 5) is 27.1. The van der Waals surface area contributed by atoms with Crippen molar-refractivity contribution >= 4 is 17.6 Å². The summed E-state index contributed by atoms with van der Waals surface area (Å²) in [6.45, 7) is 7.84. The van der Waals surface area contributed by atoms with E-state index in [1.54, 1.807) is 17.0 Å². The topological polar surface area (TPSA) is 80.5 Å². The summed E-state index contributed by atoms with van der Waals surface area (Å²) in [7, 11) is 0. The third-order valence-corrected chi connectivity index (χ3v) is 8.15. The Morgan fingerprint density at radius 3 is 2.17 bits per heavy atom. The number of halogens is 2. The maximum absolute atomic E-state index is 14.3. The number of hydrogen-bond acceptors (Lipinski definition) is 4. The van der Waals surface area contributed by atoms with Crippen molar-refractivity contribution in [1.82, 2.24) is 0 Å². The highest BCUT2D eigenvalue weighted by Gasteiger charge is 2.46. The Kier molecular flexibility index (Phi) is 8.26. The number of carbonyl (C=O) groups excluding carboxylic acids is 1. The van der Waals surface area contributed by atoms with E-state index in [4.69, 9.17) is 14.6 Å². The van der Waals surface area contributed by atoms with Crippen molar-refractivity contribution < 1.29 is 37.9 Å². The summed E-state index contributed by atoms with van der Waals surface area (Å²) in [5, 5.41) is 9.11. The molecule has 2 fully saturated rings. The number of hydrogen-bond donors (Lipinski definition) is 2. The number of rotatable bonds is 9. The molecule has 2 heterocycles. The molecule has 0 saturated carbocycles. The number of aromatic carboxylic acids is 1. The summed E-state index contributed by atoms with van der Waals surface area (Å²) in [6.07, 6.45) is 2.10. The predicted molar refractivity (Wildman–Crippen MR) is 151 cm³/mol. The standard InChI is InChI=1S/C32H34F2N2O5/c1-3-40-27-15-21(16-28(41-4-2)30(27)22-5-7-23(33)8-6-22)19-35-13-11-32(12-14-35)18-29(37)36(20-32)24-9-10-25(31(38)39)26(34)17-24/h5-10,15-17H,3-4,11-14,18-20H2,1-2H3,(H,38,39)/p+1. The molecular formula is C32H35F2N2O5+. The van der Waals surface area contributed by atoms with E-state index in [0.29, 0.717) is 43.4 Å². The van der Waals surface area contributed by atoms with Crippen LogP contribution in [0.2, 0.25) is 0 Å². The van der Waals surface area contributed by atoms with E-state index in [1.165, 1.54) is 29.2 Å². The van der Waals surface area contributed by atoms with Gasteiger partial charge >= 0.3 is 5.97 Å². The van der Waals surface area contributed by atoms with Crippen LogP contribution in [0.4, 0.5) is 14.5 Å². The van der Waals surface area contributed by atoms with Crippen LogP contribution in [0.15, 0.2) is 54.6 Å². The third kappa shape index (κ3) is 6.05. The molecule has 2 aliphatic rings. The average molecular weight is 566 g/mol. The van der Waals surface area contributed by atoms with Crippen LogP contribution in [-0.4, -0.2) is 49.8 Å². The van der Waals surface area contributed by atoms with E-state index in [0.717, 1.165) is 55.2 Å². The lowest BCUT2D eigenvalue weighted by atomic mass is 9.77. The molecular weight excluding hydrogens is 530 g/mol. The second-order valence-electron chi connectivity index (χ2n) is 10.9. The number of quaternary nitrogens is 1. The molecule has 9 heteroatoms. The van der Waals surface area contributed by atoms with Crippen molar-refractivity contribution in [2.24, 2.45) is 5.41 Å². The highest BCUT2D eigenvalue weighted by molar-refractivity contribution is 5.97. The molecule has 2 N–H and O–H groups in total. The van der Waals surface area contributed by atoms with Gasteiger partial charge in [0.1, 0.15) is 29.7 Å². The van der Waals surface area contributed by atoms with Gasteiger partial charge in [-0.2, -0.15) is 0 Å². The average Bonchev–Trinajstić information content (AvgIpc) is 3.26. The minimum Gasteiger partial charge on any atom is -0.493 e. The number of carbonyl (C=O) groups is 2. The van der Waals surface area contributed by atoms with Gasteiger partial charge in [0.2, 0.25) is 5.91 Å². The zero-order valence-electron chi connectivity index (χ0n) is 23.3. The third-order valence-electron chi connectivity index (χ3n) is 8.15. The van der Waals surface area contributed by atoms with Gasteiger partial charge < -0.3 is 24.4 Å². The molecule has 3 aromatic rings. The Balaban J connectivity index is 1.30. The fourth-order valence-corrected chi connectivity index (χ4v) is 6.10. The Morgan fingerprint density at radius 1 is 0.976 bits per heavy atom. The number of anilines is 1. The molecule has 41 heavy (non-hydrogen) atoms. The Morgan fingerprint density at radius 2 is 1.61 bits per heavy atom.